The van der Waals surface area contributed by atoms with Crippen LogP contribution in [0.3, 0.4) is 0 Å². The standard InChI is InChI=1S/C19H19ClFN3O3/c1-3-4-10-24-16-15(6-5-9-22-16)27-19(2,18(24)26)17(25)23-14-8-7-12(20)11-13(14)21/h5-9,11H,3-4,10H2,1-2H3,(H,23,25)/t19-/m1/s1. The molecule has 2 amide bonds. The number of hydrogen-bond acceptors (Lipinski definition) is 4. The highest BCUT2D eigenvalue weighted by Crippen LogP contribution is 2.36. The van der Waals surface area contributed by atoms with E-state index in [4.69, 9.17) is 16.3 Å². The summed E-state index contributed by atoms with van der Waals surface area (Å²) < 4.78 is 19.8. The first-order chi connectivity index (χ1) is 12.9. The van der Waals surface area contributed by atoms with Gasteiger partial charge in [-0.2, -0.15) is 0 Å². The van der Waals surface area contributed by atoms with E-state index < -0.39 is 23.2 Å². The van der Waals surface area contributed by atoms with E-state index in [1.807, 2.05) is 6.92 Å². The molecule has 1 aliphatic rings. The Morgan fingerprint density at radius 1 is 1.41 bits per heavy atom. The second-order valence-electron chi connectivity index (χ2n) is 6.35. The van der Waals surface area contributed by atoms with Crippen LogP contribution >= 0.6 is 11.6 Å². The molecule has 8 heteroatoms. The Morgan fingerprint density at radius 3 is 2.89 bits per heavy atom. The molecule has 1 aliphatic heterocycles. The molecule has 0 bridgehead atoms. The molecule has 0 saturated heterocycles. The molecule has 3 rings (SSSR count). The molecule has 142 valence electrons. The third-order valence-electron chi connectivity index (χ3n) is 4.32. The van der Waals surface area contributed by atoms with Crippen molar-refractivity contribution in [1.29, 1.82) is 0 Å². The number of amides is 2. The van der Waals surface area contributed by atoms with Gasteiger partial charge >= 0.3 is 0 Å². The summed E-state index contributed by atoms with van der Waals surface area (Å²) in [4.78, 5) is 31.6. The number of carbonyl (C=O) groups is 2. The van der Waals surface area contributed by atoms with Crippen LogP contribution in [0, 0.1) is 5.82 Å². The van der Waals surface area contributed by atoms with Crippen LogP contribution in [0.15, 0.2) is 36.5 Å². The predicted octanol–water partition coefficient (Wildman–Crippen LogP) is 3.80. The number of aromatic nitrogens is 1. The number of ether oxygens (including phenoxy) is 1. The maximum Gasteiger partial charge on any atom is 0.282 e. The van der Waals surface area contributed by atoms with Gasteiger partial charge in [-0.1, -0.05) is 24.9 Å². The topological polar surface area (TPSA) is 71.5 Å². The van der Waals surface area contributed by atoms with Gasteiger partial charge in [0, 0.05) is 17.8 Å². The number of rotatable bonds is 5. The molecule has 0 unspecified atom stereocenters. The van der Waals surface area contributed by atoms with Crippen LogP contribution in [0.25, 0.3) is 0 Å². The van der Waals surface area contributed by atoms with Crippen LogP contribution in [-0.2, 0) is 9.59 Å². The molecule has 0 spiro atoms. The summed E-state index contributed by atoms with van der Waals surface area (Å²) in [5, 5.41) is 2.62. The number of nitrogens with one attached hydrogen (secondary N) is 1. The monoisotopic (exact) mass is 391 g/mol. The van der Waals surface area contributed by atoms with Gasteiger partial charge in [0.2, 0.25) is 0 Å². The number of unbranched alkanes of at least 4 members (excludes halogenated alkanes) is 1. The first kappa shape index (κ1) is 19.1. The molecular formula is C19H19ClFN3O3. The van der Waals surface area contributed by atoms with Crippen LogP contribution in [0.1, 0.15) is 26.7 Å². The highest BCUT2D eigenvalue weighted by molar-refractivity contribution is 6.30. The number of benzene rings is 1. The maximum atomic E-state index is 14.0. The average Bonchev–Trinajstić information content (AvgIpc) is 2.64. The van der Waals surface area contributed by atoms with Gasteiger partial charge in [-0.15, -0.1) is 0 Å². The van der Waals surface area contributed by atoms with Crippen molar-refractivity contribution in [2.45, 2.75) is 32.3 Å². The molecule has 6 nitrogen and oxygen atoms in total. The second kappa shape index (κ2) is 7.52. The van der Waals surface area contributed by atoms with Crippen molar-refractivity contribution in [3.63, 3.8) is 0 Å². The van der Waals surface area contributed by atoms with Crippen molar-refractivity contribution in [1.82, 2.24) is 4.98 Å². The van der Waals surface area contributed by atoms with Crippen LogP contribution in [0.2, 0.25) is 5.02 Å². The summed E-state index contributed by atoms with van der Waals surface area (Å²) in [7, 11) is 0. The Kier molecular flexibility index (Phi) is 5.32. The van der Waals surface area contributed by atoms with Gasteiger partial charge in [0.05, 0.1) is 5.69 Å². The average molecular weight is 392 g/mol. The number of hydrogen-bond donors (Lipinski definition) is 1. The van der Waals surface area contributed by atoms with Crippen molar-refractivity contribution < 1.29 is 18.7 Å². The van der Waals surface area contributed by atoms with E-state index in [-0.39, 0.29) is 10.7 Å². The van der Waals surface area contributed by atoms with E-state index in [0.717, 1.165) is 18.9 Å². The summed E-state index contributed by atoms with van der Waals surface area (Å²) >= 11 is 5.73. The number of nitrogens with zero attached hydrogens (tertiary/aromatic N) is 2. The molecule has 0 aliphatic carbocycles. The zero-order valence-corrected chi connectivity index (χ0v) is 15.7. The fourth-order valence-electron chi connectivity index (χ4n) is 2.78. The quantitative estimate of drug-likeness (QED) is 0.787. The van der Waals surface area contributed by atoms with Gasteiger partial charge in [-0.3, -0.25) is 14.5 Å². The number of pyridine rings is 1. The third-order valence-corrected chi connectivity index (χ3v) is 4.56. The third kappa shape index (κ3) is 3.60. The fourth-order valence-corrected chi connectivity index (χ4v) is 2.94. The van der Waals surface area contributed by atoms with Crippen LogP contribution < -0.4 is 15.0 Å². The lowest BCUT2D eigenvalue weighted by Gasteiger charge is -2.38. The second-order valence-corrected chi connectivity index (χ2v) is 6.79. The SMILES string of the molecule is CCCCN1C(=O)[C@@](C)(C(=O)Nc2ccc(Cl)cc2F)Oc2cccnc21. The minimum Gasteiger partial charge on any atom is -0.464 e. The van der Waals surface area contributed by atoms with E-state index in [2.05, 4.69) is 10.3 Å². The van der Waals surface area contributed by atoms with E-state index in [0.29, 0.717) is 18.1 Å². The van der Waals surface area contributed by atoms with Crippen molar-refractivity contribution in [3.8, 4) is 5.75 Å². The number of halogens is 2. The van der Waals surface area contributed by atoms with E-state index >= 15 is 0 Å². The van der Waals surface area contributed by atoms with Gasteiger partial charge in [0.15, 0.2) is 11.6 Å². The number of anilines is 2. The molecule has 1 N–H and O–H groups in total. The smallest absolute Gasteiger partial charge is 0.282 e. The highest BCUT2D eigenvalue weighted by atomic mass is 35.5. The Hall–Kier alpha value is -2.67. The molecule has 1 aromatic carbocycles. The molecule has 0 fully saturated rings. The summed E-state index contributed by atoms with van der Waals surface area (Å²) in [5.41, 5.74) is -1.94. The molecule has 1 atom stereocenters. The Morgan fingerprint density at radius 2 is 2.19 bits per heavy atom. The molecule has 27 heavy (non-hydrogen) atoms. The highest BCUT2D eigenvalue weighted by Gasteiger charge is 2.51. The molecule has 2 aromatic rings. The van der Waals surface area contributed by atoms with Crippen molar-refractivity contribution in [3.05, 3.63) is 47.4 Å². The van der Waals surface area contributed by atoms with Gasteiger partial charge in [0.1, 0.15) is 5.82 Å². The minimum atomic E-state index is -1.85. The van der Waals surface area contributed by atoms with Crippen LogP contribution in [-0.4, -0.2) is 28.9 Å². The predicted molar refractivity (Wildman–Crippen MR) is 101 cm³/mol. The lowest BCUT2D eigenvalue weighted by atomic mass is 10.0. The van der Waals surface area contributed by atoms with E-state index in [1.54, 1.807) is 18.3 Å². The summed E-state index contributed by atoms with van der Waals surface area (Å²) in [6, 6.07) is 7.15. The molecule has 2 heterocycles. The Balaban J connectivity index is 1.93. The lowest BCUT2D eigenvalue weighted by molar-refractivity contribution is -0.145. The van der Waals surface area contributed by atoms with Crippen LogP contribution in [0.4, 0.5) is 15.9 Å². The fraction of sp³-hybridized carbons (Fsp3) is 0.316. The molecule has 1 aromatic heterocycles. The summed E-state index contributed by atoms with van der Waals surface area (Å²) in [5.74, 6) is -1.33. The normalized spacial score (nSPS) is 18.7. The summed E-state index contributed by atoms with van der Waals surface area (Å²) in [6.45, 7) is 3.77. The first-order valence-electron chi connectivity index (χ1n) is 8.59. The largest absolute Gasteiger partial charge is 0.464 e. The lowest BCUT2D eigenvalue weighted by Crippen LogP contribution is -2.61. The summed E-state index contributed by atoms with van der Waals surface area (Å²) in [6.07, 6.45) is 3.16. The zero-order chi connectivity index (χ0) is 19.6. The number of carbonyl (C=O) groups excluding carboxylic acids is 2. The van der Waals surface area contributed by atoms with Crippen molar-refractivity contribution in [2.75, 3.05) is 16.8 Å². The van der Waals surface area contributed by atoms with E-state index in [9.17, 15) is 14.0 Å². The molecule has 0 saturated carbocycles. The van der Waals surface area contributed by atoms with Crippen molar-refractivity contribution in [2.24, 2.45) is 0 Å². The minimum absolute atomic E-state index is 0.0842. The van der Waals surface area contributed by atoms with Gasteiger partial charge in [0.25, 0.3) is 17.4 Å². The maximum absolute atomic E-state index is 14.0. The Labute approximate surface area is 161 Å². The van der Waals surface area contributed by atoms with E-state index in [1.165, 1.54) is 24.0 Å². The van der Waals surface area contributed by atoms with Crippen molar-refractivity contribution >= 4 is 34.9 Å². The van der Waals surface area contributed by atoms with Gasteiger partial charge < -0.3 is 10.1 Å². The van der Waals surface area contributed by atoms with Gasteiger partial charge in [-0.05, 0) is 43.7 Å². The van der Waals surface area contributed by atoms with Crippen LogP contribution in [0.5, 0.6) is 5.75 Å². The zero-order valence-electron chi connectivity index (χ0n) is 15.0. The molecular weight excluding hydrogens is 373 g/mol. The van der Waals surface area contributed by atoms with Gasteiger partial charge in [-0.25, -0.2) is 9.37 Å². The number of fused-ring (bicyclic) bond motifs is 1. The molecule has 0 radical (unpaired) electrons. The Bertz CT molecular complexity index is 892. The first-order valence-corrected chi connectivity index (χ1v) is 8.97.